The Morgan fingerprint density at radius 1 is 1.39 bits per heavy atom. The van der Waals surface area contributed by atoms with Crippen molar-refractivity contribution >= 4 is 0 Å². The highest BCUT2D eigenvalue weighted by molar-refractivity contribution is 5.39. The fourth-order valence-electron chi connectivity index (χ4n) is 1.82. The minimum atomic E-state index is -0.126. The van der Waals surface area contributed by atoms with Crippen LogP contribution in [0.2, 0.25) is 0 Å². The first-order chi connectivity index (χ1) is 8.88. The second-order valence-corrected chi connectivity index (χ2v) is 4.22. The third kappa shape index (κ3) is 4.06. The zero-order valence-corrected chi connectivity index (χ0v) is 10.4. The molecule has 18 heavy (non-hydrogen) atoms. The van der Waals surface area contributed by atoms with E-state index in [1.807, 2.05) is 24.3 Å². The number of benzene rings is 1. The van der Waals surface area contributed by atoms with Crippen LogP contribution < -0.4 is 4.74 Å². The first kappa shape index (κ1) is 12.9. The Hall–Kier alpha value is -1.50. The van der Waals surface area contributed by atoms with Gasteiger partial charge in [-0.3, -0.25) is 0 Å². The summed E-state index contributed by atoms with van der Waals surface area (Å²) in [6.07, 6.45) is 3.59. The highest BCUT2D eigenvalue weighted by Gasteiger charge is 2.14. The number of aliphatic hydroxyl groups is 1. The molecular formula is C15H18O3. The topological polar surface area (TPSA) is 38.7 Å². The molecule has 1 aliphatic heterocycles. The van der Waals surface area contributed by atoms with E-state index in [1.165, 1.54) is 0 Å². The highest BCUT2D eigenvalue weighted by atomic mass is 16.7. The van der Waals surface area contributed by atoms with E-state index in [9.17, 15) is 0 Å². The molecule has 2 rings (SSSR count). The van der Waals surface area contributed by atoms with Crippen molar-refractivity contribution < 1.29 is 14.6 Å². The van der Waals surface area contributed by atoms with E-state index < -0.39 is 0 Å². The van der Waals surface area contributed by atoms with Crippen molar-refractivity contribution in [1.82, 2.24) is 0 Å². The molecule has 1 heterocycles. The van der Waals surface area contributed by atoms with Crippen LogP contribution in [0.25, 0.3) is 0 Å². The van der Waals surface area contributed by atoms with Crippen molar-refractivity contribution in [2.24, 2.45) is 0 Å². The Morgan fingerprint density at radius 3 is 3.11 bits per heavy atom. The summed E-state index contributed by atoms with van der Waals surface area (Å²) in [5.41, 5.74) is 0.900. The number of aliphatic hydroxyl groups excluding tert-OH is 1. The fourth-order valence-corrected chi connectivity index (χ4v) is 1.82. The molecule has 1 atom stereocenters. The van der Waals surface area contributed by atoms with Crippen molar-refractivity contribution in [3.8, 4) is 17.6 Å². The van der Waals surface area contributed by atoms with Gasteiger partial charge in [-0.1, -0.05) is 17.9 Å². The molecule has 0 radical (unpaired) electrons. The Balaban J connectivity index is 1.96. The Bertz CT molecular complexity index is 425. The first-order valence-electron chi connectivity index (χ1n) is 6.36. The van der Waals surface area contributed by atoms with Gasteiger partial charge < -0.3 is 14.6 Å². The van der Waals surface area contributed by atoms with Crippen LogP contribution in [-0.2, 0) is 4.74 Å². The van der Waals surface area contributed by atoms with E-state index in [0.29, 0.717) is 6.42 Å². The maximum absolute atomic E-state index is 8.67. The van der Waals surface area contributed by atoms with E-state index >= 15 is 0 Å². The van der Waals surface area contributed by atoms with Crippen LogP contribution in [-0.4, -0.2) is 24.6 Å². The lowest BCUT2D eigenvalue weighted by molar-refractivity contribution is -0.105. The van der Waals surface area contributed by atoms with Crippen LogP contribution in [0.1, 0.15) is 31.2 Å². The molecular weight excluding hydrogens is 228 g/mol. The number of rotatable bonds is 3. The average Bonchev–Trinajstić information content (AvgIpc) is 2.41. The van der Waals surface area contributed by atoms with Crippen molar-refractivity contribution in [3.63, 3.8) is 0 Å². The van der Waals surface area contributed by atoms with Crippen LogP contribution in [0, 0.1) is 11.8 Å². The second-order valence-electron chi connectivity index (χ2n) is 4.22. The second kappa shape index (κ2) is 7.05. The van der Waals surface area contributed by atoms with Crippen LogP contribution in [0.4, 0.5) is 0 Å². The van der Waals surface area contributed by atoms with Gasteiger partial charge in [0.25, 0.3) is 0 Å². The minimum absolute atomic E-state index is 0.0963. The zero-order chi connectivity index (χ0) is 12.6. The molecule has 0 saturated carbocycles. The predicted octanol–water partition coefficient (Wildman–Crippen LogP) is 2.33. The van der Waals surface area contributed by atoms with E-state index in [1.54, 1.807) is 0 Å². The predicted molar refractivity (Wildman–Crippen MR) is 69.2 cm³/mol. The Kier molecular flexibility index (Phi) is 5.07. The summed E-state index contributed by atoms with van der Waals surface area (Å²) in [4.78, 5) is 0. The van der Waals surface area contributed by atoms with Crippen molar-refractivity contribution in [1.29, 1.82) is 0 Å². The highest BCUT2D eigenvalue weighted by Crippen LogP contribution is 2.19. The first-order valence-corrected chi connectivity index (χ1v) is 6.36. The maximum atomic E-state index is 8.67. The SMILES string of the molecule is OCCC#Cc1cccc(OC2CCCCO2)c1. The van der Waals surface area contributed by atoms with Crippen molar-refractivity contribution in [2.75, 3.05) is 13.2 Å². The minimum Gasteiger partial charge on any atom is -0.465 e. The van der Waals surface area contributed by atoms with Gasteiger partial charge in [0.1, 0.15) is 5.75 Å². The van der Waals surface area contributed by atoms with Gasteiger partial charge in [-0.05, 0) is 31.0 Å². The summed E-state index contributed by atoms with van der Waals surface area (Å²) in [5.74, 6) is 6.68. The molecule has 0 aliphatic carbocycles. The van der Waals surface area contributed by atoms with E-state index in [4.69, 9.17) is 14.6 Å². The zero-order valence-electron chi connectivity index (χ0n) is 10.4. The molecule has 1 N–H and O–H groups in total. The van der Waals surface area contributed by atoms with Crippen LogP contribution in [0.5, 0.6) is 5.75 Å². The standard InChI is InChI=1S/C15H18O3/c16-10-3-1-6-13-7-5-8-14(12-13)18-15-9-2-4-11-17-15/h5,7-8,12,15-16H,2-4,9-11H2. The number of ether oxygens (including phenoxy) is 2. The van der Waals surface area contributed by atoms with Gasteiger partial charge in [-0.15, -0.1) is 0 Å². The summed E-state index contributed by atoms with van der Waals surface area (Å²) >= 11 is 0. The number of hydrogen-bond donors (Lipinski definition) is 1. The molecule has 0 spiro atoms. The summed E-state index contributed by atoms with van der Waals surface area (Å²) < 4.78 is 11.3. The molecule has 1 unspecified atom stereocenters. The smallest absolute Gasteiger partial charge is 0.199 e. The number of hydrogen-bond acceptors (Lipinski definition) is 3. The fraction of sp³-hybridized carbons (Fsp3) is 0.467. The molecule has 1 aromatic rings. The summed E-state index contributed by atoms with van der Waals surface area (Å²) in [6.45, 7) is 0.875. The molecule has 0 aromatic heterocycles. The van der Waals surface area contributed by atoms with Crippen LogP contribution in [0.15, 0.2) is 24.3 Å². The van der Waals surface area contributed by atoms with E-state index in [0.717, 1.165) is 37.2 Å². The maximum Gasteiger partial charge on any atom is 0.199 e. The molecule has 0 amide bonds. The Morgan fingerprint density at radius 2 is 2.33 bits per heavy atom. The molecule has 1 saturated heterocycles. The lowest BCUT2D eigenvalue weighted by Gasteiger charge is -2.23. The monoisotopic (exact) mass is 246 g/mol. The van der Waals surface area contributed by atoms with Gasteiger partial charge in [0.05, 0.1) is 13.2 Å². The van der Waals surface area contributed by atoms with Crippen molar-refractivity contribution in [2.45, 2.75) is 32.0 Å². The van der Waals surface area contributed by atoms with Crippen LogP contribution >= 0.6 is 0 Å². The normalized spacial score (nSPS) is 18.8. The lowest BCUT2D eigenvalue weighted by Crippen LogP contribution is -2.24. The van der Waals surface area contributed by atoms with E-state index in [-0.39, 0.29) is 12.9 Å². The Labute approximate surface area is 108 Å². The molecule has 1 aliphatic rings. The van der Waals surface area contributed by atoms with Gasteiger partial charge >= 0.3 is 0 Å². The molecule has 1 aromatic carbocycles. The molecule has 0 bridgehead atoms. The summed E-state index contributed by atoms with van der Waals surface area (Å²) in [5, 5.41) is 8.67. The molecule has 1 fully saturated rings. The lowest BCUT2D eigenvalue weighted by atomic mass is 10.2. The summed E-state index contributed by atoms with van der Waals surface area (Å²) in [7, 11) is 0. The quantitative estimate of drug-likeness (QED) is 0.832. The van der Waals surface area contributed by atoms with Crippen LogP contribution in [0.3, 0.4) is 0 Å². The molecule has 96 valence electrons. The third-order valence-electron chi connectivity index (χ3n) is 2.71. The van der Waals surface area contributed by atoms with Crippen molar-refractivity contribution in [3.05, 3.63) is 29.8 Å². The average molecular weight is 246 g/mol. The third-order valence-corrected chi connectivity index (χ3v) is 2.71. The van der Waals surface area contributed by atoms with Gasteiger partial charge in [-0.2, -0.15) is 0 Å². The van der Waals surface area contributed by atoms with E-state index in [2.05, 4.69) is 11.8 Å². The van der Waals surface area contributed by atoms with Gasteiger partial charge in [0.2, 0.25) is 0 Å². The largest absolute Gasteiger partial charge is 0.465 e. The summed E-state index contributed by atoms with van der Waals surface area (Å²) in [6, 6.07) is 7.66. The molecule has 3 heteroatoms. The molecule has 3 nitrogen and oxygen atoms in total. The van der Waals surface area contributed by atoms with Gasteiger partial charge in [0, 0.05) is 18.4 Å². The van der Waals surface area contributed by atoms with Gasteiger partial charge in [0.15, 0.2) is 6.29 Å². The van der Waals surface area contributed by atoms with Gasteiger partial charge in [-0.25, -0.2) is 0 Å².